The lowest BCUT2D eigenvalue weighted by atomic mass is 10.2. The molecule has 1 rings (SSSR count). The average molecular weight is 255 g/mol. The fourth-order valence-corrected chi connectivity index (χ4v) is 2.65. The van der Waals surface area contributed by atoms with Crippen LogP contribution in [0.3, 0.4) is 0 Å². The van der Waals surface area contributed by atoms with Crippen molar-refractivity contribution >= 4 is 11.8 Å². The molecule has 1 N–H and O–H groups in total. The highest BCUT2D eigenvalue weighted by Gasteiger charge is 2.01. The molecular weight excluding hydrogens is 233 g/mol. The molecule has 17 heavy (non-hydrogen) atoms. The van der Waals surface area contributed by atoms with Crippen molar-refractivity contribution in [1.82, 2.24) is 5.32 Å². The Morgan fingerprint density at radius 2 is 2.00 bits per heavy atom. The molecule has 0 amide bonds. The number of unbranched alkanes of at least 4 members (excludes halogenated alkanes) is 1. The highest BCUT2D eigenvalue weighted by atomic mass is 32.2. The van der Waals surface area contributed by atoms with Crippen molar-refractivity contribution < 1.29 is 4.39 Å². The van der Waals surface area contributed by atoms with Crippen LogP contribution in [0, 0.1) is 5.82 Å². The van der Waals surface area contributed by atoms with Crippen LogP contribution in [0.15, 0.2) is 23.1 Å². The SMILES string of the molecule is CCCCSc1cc(F)cc(CNCCC)c1. The highest BCUT2D eigenvalue weighted by Crippen LogP contribution is 2.22. The van der Waals surface area contributed by atoms with E-state index in [-0.39, 0.29) is 5.82 Å². The molecule has 0 radical (unpaired) electrons. The van der Waals surface area contributed by atoms with Gasteiger partial charge in [-0.2, -0.15) is 0 Å². The van der Waals surface area contributed by atoms with Crippen LogP contribution in [0.25, 0.3) is 0 Å². The molecule has 0 aliphatic heterocycles. The molecule has 0 spiro atoms. The topological polar surface area (TPSA) is 12.0 Å². The van der Waals surface area contributed by atoms with E-state index in [4.69, 9.17) is 0 Å². The van der Waals surface area contributed by atoms with E-state index in [2.05, 4.69) is 25.2 Å². The number of nitrogens with one attached hydrogen (secondary N) is 1. The number of halogens is 1. The van der Waals surface area contributed by atoms with Crippen LogP contribution >= 0.6 is 11.8 Å². The van der Waals surface area contributed by atoms with Gasteiger partial charge in [0.2, 0.25) is 0 Å². The zero-order valence-electron chi connectivity index (χ0n) is 10.8. The van der Waals surface area contributed by atoms with Crippen molar-refractivity contribution in [2.24, 2.45) is 0 Å². The van der Waals surface area contributed by atoms with Crippen molar-refractivity contribution in [3.63, 3.8) is 0 Å². The first-order chi connectivity index (χ1) is 8.26. The maximum Gasteiger partial charge on any atom is 0.124 e. The quantitative estimate of drug-likeness (QED) is 0.551. The number of hydrogen-bond donors (Lipinski definition) is 1. The Kier molecular flexibility index (Phi) is 7.29. The largest absolute Gasteiger partial charge is 0.313 e. The molecule has 0 saturated carbocycles. The van der Waals surface area contributed by atoms with Crippen LogP contribution < -0.4 is 5.32 Å². The minimum Gasteiger partial charge on any atom is -0.313 e. The smallest absolute Gasteiger partial charge is 0.124 e. The minimum absolute atomic E-state index is 0.125. The summed E-state index contributed by atoms with van der Waals surface area (Å²) in [7, 11) is 0. The molecule has 0 saturated heterocycles. The summed E-state index contributed by atoms with van der Waals surface area (Å²) in [6.07, 6.45) is 3.48. The van der Waals surface area contributed by atoms with Crippen LogP contribution in [-0.4, -0.2) is 12.3 Å². The third-order valence-corrected chi connectivity index (χ3v) is 3.52. The fraction of sp³-hybridized carbons (Fsp3) is 0.571. The standard InChI is InChI=1S/C14H22FNS/c1-3-5-7-17-14-9-12(8-13(15)10-14)11-16-6-4-2/h8-10,16H,3-7,11H2,1-2H3. The van der Waals surface area contributed by atoms with Gasteiger partial charge in [0.15, 0.2) is 0 Å². The van der Waals surface area contributed by atoms with Gasteiger partial charge in [-0.15, -0.1) is 11.8 Å². The Morgan fingerprint density at radius 3 is 2.71 bits per heavy atom. The highest BCUT2D eigenvalue weighted by molar-refractivity contribution is 7.99. The van der Waals surface area contributed by atoms with Gasteiger partial charge in [0.1, 0.15) is 5.82 Å². The van der Waals surface area contributed by atoms with Crippen LogP contribution in [-0.2, 0) is 6.54 Å². The number of thioether (sulfide) groups is 1. The summed E-state index contributed by atoms with van der Waals surface area (Å²) in [5.74, 6) is 0.946. The normalized spacial score (nSPS) is 10.8. The van der Waals surface area contributed by atoms with Crippen molar-refractivity contribution in [3.05, 3.63) is 29.6 Å². The van der Waals surface area contributed by atoms with Crippen molar-refractivity contribution in [2.45, 2.75) is 44.6 Å². The second-order valence-electron chi connectivity index (χ2n) is 4.17. The molecular formula is C14H22FNS. The molecule has 0 aliphatic carbocycles. The van der Waals surface area contributed by atoms with E-state index in [0.29, 0.717) is 0 Å². The Bertz CT molecular complexity index is 300. The van der Waals surface area contributed by atoms with Crippen LogP contribution in [0.4, 0.5) is 4.39 Å². The Labute approximate surface area is 108 Å². The van der Waals surface area contributed by atoms with E-state index >= 15 is 0 Å². The summed E-state index contributed by atoms with van der Waals surface area (Å²) in [4.78, 5) is 1.05. The third kappa shape index (κ3) is 6.08. The molecule has 0 atom stereocenters. The van der Waals surface area contributed by atoms with Gasteiger partial charge in [-0.25, -0.2) is 4.39 Å². The first kappa shape index (κ1) is 14.5. The molecule has 0 bridgehead atoms. The van der Waals surface area contributed by atoms with Crippen molar-refractivity contribution in [1.29, 1.82) is 0 Å². The van der Waals surface area contributed by atoms with Gasteiger partial charge >= 0.3 is 0 Å². The molecule has 0 heterocycles. The van der Waals surface area contributed by atoms with E-state index in [9.17, 15) is 4.39 Å². The van der Waals surface area contributed by atoms with Crippen LogP contribution in [0.5, 0.6) is 0 Å². The van der Waals surface area contributed by atoms with Gasteiger partial charge in [-0.3, -0.25) is 0 Å². The fourth-order valence-electron chi connectivity index (χ4n) is 1.55. The first-order valence-electron chi connectivity index (χ1n) is 6.39. The second-order valence-corrected chi connectivity index (χ2v) is 5.34. The number of benzene rings is 1. The van der Waals surface area contributed by atoms with Crippen molar-refractivity contribution in [2.75, 3.05) is 12.3 Å². The van der Waals surface area contributed by atoms with E-state index in [1.807, 2.05) is 0 Å². The molecule has 0 fully saturated rings. The summed E-state index contributed by atoms with van der Waals surface area (Å²) in [6, 6.07) is 5.34. The molecule has 1 aromatic rings. The summed E-state index contributed by atoms with van der Waals surface area (Å²) in [5.41, 5.74) is 1.04. The van der Waals surface area contributed by atoms with E-state index in [0.717, 1.165) is 35.7 Å². The maximum atomic E-state index is 13.4. The van der Waals surface area contributed by atoms with Gasteiger partial charge in [0.05, 0.1) is 0 Å². The molecule has 0 aromatic heterocycles. The summed E-state index contributed by atoms with van der Waals surface area (Å²) in [6.45, 7) is 6.04. The monoisotopic (exact) mass is 255 g/mol. The molecule has 1 nitrogen and oxygen atoms in total. The number of rotatable bonds is 8. The van der Waals surface area contributed by atoms with Crippen LogP contribution in [0.2, 0.25) is 0 Å². The van der Waals surface area contributed by atoms with Crippen molar-refractivity contribution in [3.8, 4) is 0 Å². The predicted octanol–water partition coefficient (Wildman–Crippen LogP) is 4.22. The van der Waals surface area contributed by atoms with Gasteiger partial charge in [0, 0.05) is 11.4 Å². The number of hydrogen-bond acceptors (Lipinski definition) is 2. The molecule has 96 valence electrons. The predicted molar refractivity (Wildman–Crippen MR) is 74.0 cm³/mol. The zero-order valence-corrected chi connectivity index (χ0v) is 11.6. The Morgan fingerprint density at radius 1 is 1.18 bits per heavy atom. The van der Waals surface area contributed by atoms with Gasteiger partial charge in [-0.05, 0) is 48.9 Å². The summed E-state index contributed by atoms with van der Waals surface area (Å²) >= 11 is 1.74. The van der Waals surface area contributed by atoms with Gasteiger partial charge < -0.3 is 5.32 Å². The summed E-state index contributed by atoms with van der Waals surface area (Å²) in [5, 5.41) is 3.30. The lowest BCUT2D eigenvalue weighted by Crippen LogP contribution is -2.13. The second kappa shape index (κ2) is 8.54. The first-order valence-corrected chi connectivity index (χ1v) is 7.37. The zero-order chi connectivity index (χ0) is 12.5. The van der Waals surface area contributed by atoms with E-state index < -0.39 is 0 Å². The minimum atomic E-state index is -0.125. The van der Waals surface area contributed by atoms with Crippen LogP contribution in [0.1, 0.15) is 38.7 Å². The molecule has 1 aromatic carbocycles. The molecule has 3 heteroatoms. The molecule has 0 unspecified atom stereocenters. The average Bonchev–Trinajstić information content (AvgIpc) is 2.29. The lowest BCUT2D eigenvalue weighted by molar-refractivity contribution is 0.615. The Balaban J connectivity index is 2.53. The Hall–Kier alpha value is -0.540. The third-order valence-electron chi connectivity index (χ3n) is 2.45. The maximum absolute atomic E-state index is 13.4. The molecule has 0 aliphatic rings. The summed E-state index contributed by atoms with van der Waals surface area (Å²) < 4.78 is 13.4. The van der Waals surface area contributed by atoms with Gasteiger partial charge in [0.25, 0.3) is 0 Å². The van der Waals surface area contributed by atoms with Gasteiger partial charge in [-0.1, -0.05) is 20.3 Å². The van der Waals surface area contributed by atoms with E-state index in [1.165, 1.54) is 12.8 Å². The lowest BCUT2D eigenvalue weighted by Gasteiger charge is -2.07. The van der Waals surface area contributed by atoms with E-state index in [1.54, 1.807) is 23.9 Å².